The third kappa shape index (κ3) is 5.02. The molecule has 0 radical (unpaired) electrons. The molecule has 0 aliphatic heterocycles. The fraction of sp³-hybridized carbons (Fsp3) is 0.562. The lowest BCUT2D eigenvalue weighted by Gasteiger charge is -2.30. The number of hydrogen-bond acceptors (Lipinski definition) is 3. The molecule has 1 N–H and O–H groups in total. The van der Waals surface area contributed by atoms with E-state index in [-0.39, 0.29) is 5.91 Å². The number of rotatable bonds is 8. The molecule has 22 heavy (non-hydrogen) atoms. The van der Waals surface area contributed by atoms with Crippen LogP contribution in [0, 0.1) is 6.92 Å². The van der Waals surface area contributed by atoms with E-state index in [4.69, 9.17) is 0 Å². The lowest BCUT2D eigenvalue weighted by Crippen LogP contribution is -2.49. The van der Waals surface area contributed by atoms with Gasteiger partial charge < -0.3 is 5.32 Å². The van der Waals surface area contributed by atoms with Gasteiger partial charge in [-0.2, -0.15) is 0 Å². The van der Waals surface area contributed by atoms with Gasteiger partial charge in [0.2, 0.25) is 15.9 Å². The Labute approximate surface area is 133 Å². The zero-order valence-corrected chi connectivity index (χ0v) is 14.6. The first-order chi connectivity index (χ1) is 10.3. The van der Waals surface area contributed by atoms with Crippen LogP contribution in [0.25, 0.3) is 0 Å². The molecular weight excluding hydrogens is 300 g/mol. The second-order valence-corrected chi connectivity index (χ2v) is 7.32. The van der Waals surface area contributed by atoms with Crippen molar-refractivity contribution < 1.29 is 13.2 Å². The van der Waals surface area contributed by atoms with Crippen LogP contribution in [0.5, 0.6) is 0 Å². The predicted octanol–water partition coefficient (Wildman–Crippen LogP) is 2.46. The predicted molar refractivity (Wildman–Crippen MR) is 90.5 cm³/mol. The number of carbonyl (C=O) groups excluding carboxylic acids is 1. The number of anilines is 1. The summed E-state index contributed by atoms with van der Waals surface area (Å²) in [5.41, 5.74) is 1.56. The van der Waals surface area contributed by atoms with E-state index in [0.717, 1.165) is 24.7 Å². The van der Waals surface area contributed by atoms with Gasteiger partial charge in [0.05, 0.1) is 11.9 Å². The van der Waals surface area contributed by atoms with Gasteiger partial charge in [-0.3, -0.25) is 9.10 Å². The molecule has 1 aromatic carbocycles. The van der Waals surface area contributed by atoms with Crippen molar-refractivity contribution in [3.63, 3.8) is 0 Å². The quantitative estimate of drug-likeness (QED) is 0.746. The van der Waals surface area contributed by atoms with Crippen LogP contribution in [0.3, 0.4) is 0 Å². The fourth-order valence-corrected chi connectivity index (χ4v) is 3.47. The number of amides is 1. The lowest BCUT2D eigenvalue weighted by atomic mass is 10.1. The Hall–Kier alpha value is -1.56. The molecule has 1 unspecified atom stereocenters. The first kappa shape index (κ1) is 18.5. The molecule has 1 rings (SSSR count). The van der Waals surface area contributed by atoms with Crippen LogP contribution in [-0.4, -0.2) is 33.2 Å². The summed E-state index contributed by atoms with van der Waals surface area (Å²) in [6, 6.07) is 6.43. The minimum atomic E-state index is -3.55. The van der Waals surface area contributed by atoms with Gasteiger partial charge in [0.15, 0.2) is 0 Å². The van der Waals surface area contributed by atoms with Crippen LogP contribution in [0.4, 0.5) is 5.69 Å². The van der Waals surface area contributed by atoms with E-state index in [1.807, 2.05) is 32.9 Å². The van der Waals surface area contributed by atoms with Crippen molar-refractivity contribution in [2.45, 2.75) is 46.1 Å². The van der Waals surface area contributed by atoms with Crippen molar-refractivity contribution in [1.29, 1.82) is 0 Å². The van der Waals surface area contributed by atoms with E-state index in [1.54, 1.807) is 12.1 Å². The molecule has 0 aliphatic rings. The highest BCUT2D eigenvalue weighted by Gasteiger charge is 2.31. The van der Waals surface area contributed by atoms with Crippen molar-refractivity contribution in [3.05, 3.63) is 29.8 Å². The summed E-state index contributed by atoms with van der Waals surface area (Å²) in [4.78, 5) is 12.4. The summed E-state index contributed by atoms with van der Waals surface area (Å²) in [6.07, 6.45) is 3.41. The van der Waals surface area contributed by atoms with Crippen LogP contribution >= 0.6 is 0 Å². The molecule has 1 atom stereocenters. The molecule has 0 saturated carbocycles. The number of sulfonamides is 1. The third-order valence-electron chi connectivity index (χ3n) is 3.45. The summed E-state index contributed by atoms with van der Waals surface area (Å²) in [6.45, 7) is 6.36. The van der Waals surface area contributed by atoms with Gasteiger partial charge in [0, 0.05) is 6.54 Å². The van der Waals surface area contributed by atoms with E-state index in [9.17, 15) is 13.2 Å². The van der Waals surface area contributed by atoms with Gasteiger partial charge in [-0.25, -0.2) is 8.42 Å². The maximum absolute atomic E-state index is 12.4. The van der Waals surface area contributed by atoms with Crippen LogP contribution in [0.15, 0.2) is 24.3 Å². The normalized spacial score (nSPS) is 12.7. The van der Waals surface area contributed by atoms with Crippen LogP contribution in [0.1, 0.15) is 38.7 Å². The summed E-state index contributed by atoms with van der Waals surface area (Å²) in [5, 5.41) is 2.82. The van der Waals surface area contributed by atoms with Gasteiger partial charge in [-0.15, -0.1) is 0 Å². The monoisotopic (exact) mass is 326 g/mol. The first-order valence-electron chi connectivity index (χ1n) is 7.65. The molecule has 1 aromatic rings. The van der Waals surface area contributed by atoms with E-state index in [0.29, 0.717) is 18.7 Å². The summed E-state index contributed by atoms with van der Waals surface area (Å²) in [7, 11) is -3.55. The number of hydrogen-bond donors (Lipinski definition) is 1. The molecule has 5 nitrogen and oxygen atoms in total. The van der Waals surface area contributed by atoms with Gasteiger partial charge in [0.1, 0.15) is 6.04 Å². The van der Waals surface area contributed by atoms with E-state index < -0.39 is 16.1 Å². The van der Waals surface area contributed by atoms with Crippen molar-refractivity contribution in [2.75, 3.05) is 17.1 Å². The van der Waals surface area contributed by atoms with Crippen LogP contribution in [0.2, 0.25) is 0 Å². The molecular formula is C16H26N2O3S. The summed E-state index contributed by atoms with van der Waals surface area (Å²) in [5.74, 6) is -0.248. The molecule has 0 fully saturated rings. The fourth-order valence-electron chi connectivity index (χ4n) is 2.26. The number of unbranched alkanes of at least 4 members (excludes halogenated alkanes) is 1. The average molecular weight is 326 g/mol. The van der Waals surface area contributed by atoms with Gasteiger partial charge in [0.25, 0.3) is 0 Å². The molecule has 0 spiro atoms. The Balaban J connectivity index is 3.08. The van der Waals surface area contributed by atoms with Crippen molar-refractivity contribution in [1.82, 2.24) is 5.32 Å². The van der Waals surface area contributed by atoms with Crippen LogP contribution < -0.4 is 9.62 Å². The number of benzene rings is 1. The standard InChI is InChI=1S/C16H26N2O3S/c1-5-7-12-17-16(19)15(6-2)18(22(4,20)21)14-10-8-13(3)9-11-14/h8-11,15H,5-7,12H2,1-4H3,(H,17,19). The summed E-state index contributed by atoms with van der Waals surface area (Å²) >= 11 is 0. The largest absolute Gasteiger partial charge is 0.354 e. The number of carbonyl (C=O) groups is 1. The number of aryl methyl sites for hydroxylation is 1. The SMILES string of the molecule is CCCCNC(=O)C(CC)N(c1ccc(C)cc1)S(C)(=O)=O. The van der Waals surface area contributed by atoms with Crippen molar-refractivity contribution in [2.24, 2.45) is 0 Å². The zero-order chi connectivity index (χ0) is 16.8. The second-order valence-electron chi connectivity index (χ2n) is 5.46. The van der Waals surface area contributed by atoms with Gasteiger partial charge in [-0.05, 0) is 31.9 Å². The topological polar surface area (TPSA) is 66.5 Å². The smallest absolute Gasteiger partial charge is 0.243 e. The highest BCUT2D eigenvalue weighted by atomic mass is 32.2. The van der Waals surface area contributed by atoms with Gasteiger partial charge >= 0.3 is 0 Å². The number of nitrogens with one attached hydrogen (secondary N) is 1. The zero-order valence-electron chi connectivity index (χ0n) is 13.8. The first-order valence-corrected chi connectivity index (χ1v) is 9.49. The molecule has 124 valence electrons. The highest BCUT2D eigenvalue weighted by molar-refractivity contribution is 7.92. The lowest BCUT2D eigenvalue weighted by molar-refractivity contribution is -0.122. The molecule has 0 heterocycles. The molecule has 0 aromatic heterocycles. The molecule has 0 bridgehead atoms. The van der Waals surface area contributed by atoms with Crippen LogP contribution in [-0.2, 0) is 14.8 Å². The van der Waals surface area contributed by atoms with Gasteiger partial charge in [-0.1, -0.05) is 38.0 Å². The Morgan fingerprint density at radius 3 is 2.27 bits per heavy atom. The van der Waals surface area contributed by atoms with E-state index in [1.165, 1.54) is 4.31 Å². The number of nitrogens with zero attached hydrogens (tertiary/aromatic N) is 1. The Morgan fingerprint density at radius 1 is 1.23 bits per heavy atom. The van der Waals surface area contributed by atoms with Crippen molar-refractivity contribution in [3.8, 4) is 0 Å². The molecule has 6 heteroatoms. The molecule has 0 aliphatic carbocycles. The second kappa shape index (κ2) is 8.17. The Bertz CT molecular complexity index is 582. The van der Waals surface area contributed by atoms with Crippen molar-refractivity contribution >= 4 is 21.6 Å². The van der Waals surface area contributed by atoms with E-state index in [2.05, 4.69) is 5.32 Å². The molecule has 0 saturated heterocycles. The third-order valence-corrected chi connectivity index (χ3v) is 4.63. The van der Waals surface area contributed by atoms with E-state index >= 15 is 0 Å². The average Bonchev–Trinajstić information content (AvgIpc) is 2.44. The Kier molecular flexibility index (Phi) is 6.87. The minimum absolute atomic E-state index is 0.248. The summed E-state index contributed by atoms with van der Waals surface area (Å²) < 4.78 is 25.6. The highest BCUT2D eigenvalue weighted by Crippen LogP contribution is 2.22. The maximum atomic E-state index is 12.4. The minimum Gasteiger partial charge on any atom is -0.354 e. The Morgan fingerprint density at radius 2 is 1.82 bits per heavy atom. The molecule has 1 amide bonds. The maximum Gasteiger partial charge on any atom is 0.243 e.